The molecular weight excluding hydrogens is 813 g/mol. The van der Waals surface area contributed by atoms with Gasteiger partial charge in [-0.2, -0.15) is 0 Å². The molecule has 0 saturated heterocycles. The zero-order chi connectivity index (χ0) is 35.5. The minimum absolute atomic E-state index is 0. The van der Waals surface area contributed by atoms with Gasteiger partial charge in [-0.15, -0.1) is 40.5 Å². The normalized spacial score (nSPS) is 12.1. The van der Waals surface area contributed by atoms with E-state index in [0.717, 1.165) is 47.3 Å². The van der Waals surface area contributed by atoms with E-state index in [0.29, 0.717) is 0 Å². The molecule has 2 heterocycles. The van der Waals surface area contributed by atoms with E-state index < -0.39 is 0 Å². The summed E-state index contributed by atoms with van der Waals surface area (Å²) in [4.78, 5) is 18.0. The molecular formula is C44H51IrN2O2S-. The molecule has 1 radical (unpaired) electrons. The molecule has 2 aromatic heterocycles. The number of allylic oxidation sites excluding steroid dienone is 2. The van der Waals surface area contributed by atoms with E-state index in [1.54, 1.807) is 11.3 Å². The number of carbonyl (C=O) groups excluding carboxylic acids is 1. The molecule has 1 N–H and O–H groups in total. The van der Waals surface area contributed by atoms with Crippen LogP contribution in [0.2, 0.25) is 0 Å². The molecule has 0 aliphatic carbocycles. The fourth-order valence-electron chi connectivity index (χ4n) is 6.87. The third-order valence-corrected chi connectivity index (χ3v) is 10.8. The molecule has 0 fully saturated rings. The maximum atomic E-state index is 11.7. The number of ketones is 1. The Morgan fingerprint density at radius 3 is 2.04 bits per heavy atom. The summed E-state index contributed by atoms with van der Waals surface area (Å²) >= 11 is 1.77. The maximum Gasteiger partial charge on any atom is 0.162 e. The van der Waals surface area contributed by atoms with Crippen molar-refractivity contribution in [2.45, 2.75) is 93.4 Å². The SMILES string of the molecule is CCC(CC)C(=O)/C=C(\O)C(CC)CC.Cc1cccc(C)c1-n1c(-c2[c-]c3ccccc3c(C(C)(C)C)c2)nc2sc3ccccc3c21.[Ir]. The van der Waals surface area contributed by atoms with Gasteiger partial charge in [0.2, 0.25) is 0 Å². The molecule has 0 atom stereocenters. The summed E-state index contributed by atoms with van der Waals surface area (Å²) in [7, 11) is 0. The summed E-state index contributed by atoms with van der Waals surface area (Å²) in [5.74, 6) is 1.51. The molecule has 6 heteroatoms. The summed E-state index contributed by atoms with van der Waals surface area (Å²) < 4.78 is 3.65. The van der Waals surface area contributed by atoms with Gasteiger partial charge >= 0.3 is 0 Å². The number of hydrogen-bond donors (Lipinski definition) is 1. The second-order valence-corrected chi connectivity index (χ2v) is 15.2. The van der Waals surface area contributed by atoms with Crippen molar-refractivity contribution >= 4 is 48.3 Å². The molecule has 4 nitrogen and oxygen atoms in total. The number of aliphatic hydroxyl groups excluding tert-OH is 1. The fourth-order valence-corrected chi connectivity index (χ4v) is 7.93. The Kier molecular flexibility index (Phi) is 13.0. The van der Waals surface area contributed by atoms with E-state index in [-0.39, 0.29) is 48.9 Å². The number of aryl methyl sites for hydroxylation is 2. The number of carbonyl (C=O) groups is 1. The van der Waals surface area contributed by atoms with Gasteiger partial charge in [-0.25, -0.2) is 0 Å². The number of hydrogen-bond acceptors (Lipinski definition) is 4. The topological polar surface area (TPSA) is 55.1 Å². The third kappa shape index (κ3) is 7.99. The monoisotopic (exact) mass is 864 g/mol. The molecule has 0 bridgehead atoms. The van der Waals surface area contributed by atoms with Crippen LogP contribution in [0.15, 0.2) is 84.6 Å². The van der Waals surface area contributed by atoms with Crippen LogP contribution in [0.5, 0.6) is 0 Å². The summed E-state index contributed by atoms with van der Waals surface area (Å²) in [6.45, 7) is 19.3. The van der Waals surface area contributed by atoms with Crippen LogP contribution in [0.3, 0.4) is 0 Å². The predicted octanol–water partition coefficient (Wildman–Crippen LogP) is 12.6. The minimum atomic E-state index is 0. The number of para-hydroxylation sites is 1. The number of fused-ring (bicyclic) bond motifs is 4. The zero-order valence-corrected chi connectivity index (χ0v) is 34.2. The second kappa shape index (κ2) is 16.6. The van der Waals surface area contributed by atoms with E-state index in [2.05, 4.69) is 118 Å². The Morgan fingerprint density at radius 2 is 1.44 bits per heavy atom. The summed E-state index contributed by atoms with van der Waals surface area (Å²) in [6.07, 6.45) is 4.91. The van der Waals surface area contributed by atoms with Crippen molar-refractivity contribution in [1.29, 1.82) is 0 Å². The van der Waals surface area contributed by atoms with Crippen molar-refractivity contribution in [2.75, 3.05) is 0 Å². The number of rotatable bonds is 9. The first-order chi connectivity index (χ1) is 23.4. The number of aliphatic hydroxyl groups is 1. The number of benzene rings is 4. The standard InChI is InChI=1S/C31H27N2S.C13H24O2.Ir/c1-19-11-10-12-20(2)27(19)33-28-24-15-8-9-16-26(24)34-30(28)32-29(33)22-17-21-13-6-7-14-23(21)25(18-22)31(3,4)5;1-5-10(6-2)12(14)9-13(15)11(7-3)8-4;/h6-16,18H,1-5H3;9-11,14H,5-8H2,1-4H3;/q-1;;/b;12-9-;. The number of nitrogens with zero attached hydrogens (tertiary/aromatic N) is 2. The summed E-state index contributed by atoms with van der Waals surface area (Å²) in [6, 6.07) is 29.8. The number of imidazole rings is 1. The van der Waals surface area contributed by atoms with Gasteiger partial charge in [0.05, 0.1) is 17.1 Å². The molecule has 50 heavy (non-hydrogen) atoms. The van der Waals surface area contributed by atoms with Crippen molar-refractivity contribution in [3.8, 4) is 17.1 Å². The Labute approximate surface area is 316 Å². The van der Waals surface area contributed by atoms with Crippen LogP contribution in [0.25, 0.3) is 48.3 Å². The zero-order valence-electron chi connectivity index (χ0n) is 31.0. The van der Waals surface area contributed by atoms with E-state index >= 15 is 0 Å². The molecule has 0 amide bonds. The molecule has 0 aliphatic heterocycles. The molecule has 265 valence electrons. The molecule has 0 spiro atoms. The van der Waals surface area contributed by atoms with Crippen LogP contribution in [-0.2, 0) is 30.3 Å². The third-order valence-electron chi connectivity index (χ3n) is 9.76. The fraction of sp³-hybridized carbons (Fsp3) is 0.364. The van der Waals surface area contributed by atoms with E-state index in [4.69, 9.17) is 4.98 Å². The minimum Gasteiger partial charge on any atom is -0.512 e. The van der Waals surface area contributed by atoms with Crippen LogP contribution in [0.1, 0.15) is 90.8 Å². The van der Waals surface area contributed by atoms with Crippen LogP contribution < -0.4 is 0 Å². The molecule has 6 rings (SSSR count). The largest absolute Gasteiger partial charge is 0.512 e. The average Bonchev–Trinajstić information content (AvgIpc) is 3.62. The Balaban J connectivity index is 0.000000301. The van der Waals surface area contributed by atoms with Gasteiger partial charge in [0.15, 0.2) is 5.78 Å². The number of aromatic nitrogens is 2. The Hall–Kier alpha value is -3.57. The summed E-state index contributed by atoms with van der Waals surface area (Å²) in [5, 5.41) is 13.4. The van der Waals surface area contributed by atoms with Crippen molar-refractivity contribution < 1.29 is 30.0 Å². The van der Waals surface area contributed by atoms with Crippen LogP contribution >= 0.6 is 11.3 Å². The quantitative estimate of drug-likeness (QED) is 0.0895. The molecule has 4 aromatic carbocycles. The van der Waals surface area contributed by atoms with Crippen LogP contribution in [-0.4, -0.2) is 20.4 Å². The first-order valence-corrected chi connectivity index (χ1v) is 18.6. The first kappa shape index (κ1) is 39.2. The Morgan fingerprint density at radius 1 is 0.860 bits per heavy atom. The van der Waals surface area contributed by atoms with E-state index in [1.807, 2.05) is 27.7 Å². The molecule has 0 unspecified atom stereocenters. The van der Waals surface area contributed by atoms with Gasteiger partial charge in [-0.3, -0.25) is 9.78 Å². The van der Waals surface area contributed by atoms with Gasteiger partial charge < -0.3 is 9.67 Å². The van der Waals surface area contributed by atoms with Crippen molar-refractivity contribution in [1.82, 2.24) is 9.55 Å². The van der Waals surface area contributed by atoms with Gasteiger partial charge in [0.25, 0.3) is 0 Å². The predicted molar refractivity (Wildman–Crippen MR) is 210 cm³/mol. The van der Waals surface area contributed by atoms with Gasteiger partial charge in [0.1, 0.15) is 4.83 Å². The summed E-state index contributed by atoms with van der Waals surface area (Å²) in [5.41, 5.74) is 7.25. The number of thiophene rings is 1. The molecule has 0 aliphatic rings. The average molecular weight is 864 g/mol. The maximum absolute atomic E-state index is 11.7. The molecule has 6 aromatic rings. The van der Waals surface area contributed by atoms with Crippen LogP contribution in [0.4, 0.5) is 0 Å². The molecule has 0 saturated carbocycles. The van der Waals surface area contributed by atoms with Crippen molar-refractivity contribution in [3.63, 3.8) is 0 Å². The van der Waals surface area contributed by atoms with Crippen LogP contribution in [0, 0.1) is 31.7 Å². The smallest absolute Gasteiger partial charge is 0.162 e. The van der Waals surface area contributed by atoms with E-state index in [9.17, 15) is 9.90 Å². The van der Waals surface area contributed by atoms with Crippen molar-refractivity contribution in [2.24, 2.45) is 11.8 Å². The Bertz CT molecular complexity index is 2100. The first-order valence-electron chi connectivity index (χ1n) is 17.8. The van der Waals surface area contributed by atoms with Gasteiger partial charge in [-0.1, -0.05) is 114 Å². The van der Waals surface area contributed by atoms with Gasteiger partial charge in [0, 0.05) is 53.8 Å². The van der Waals surface area contributed by atoms with Gasteiger partial charge in [-0.05, 0) is 62.1 Å². The van der Waals surface area contributed by atoms with E-state index in [1.165, 1.54) is 49.4 Å². The second-order valence-electron chi connectivity index (χ2n) is 14.2. The van der Waals surface area contributed by atoms with Crippen molar-refractivity contribution in [3.05, 3.63) is 107 Å².